The summed E-state index contributed by atoms with van der Waals surface area (Å²) in [6, 6.07) is 7.53. The number of hydrogen-bond donors (Lipinski definition) is 1. The minimum atomic E-state index is 0.0733. The van der Waals surface area contributed by atoms with Gasteiger partial charge < -0.3 is 4.98 Å². The molecule has 0 aliphatic rings. The van der Waals surface area contributed by atoms with E-state index in [4.69, 9.17) is 0 Å². The molecule has 0 unspecified atom stereocenters. The molecule has 1 aromatic carbocycles. The molecule has 0 amide bonds. The average molecular weight is 201 g/mol. The zero-order chi connectivity index (χ0) is 11.1. The summed E-state index contributed by atoms with van der Waals surface area (Å²) in [5, 5.41) is 0.755. The molecule has 0 saturated heterocycles. The van der Waals surface area contributed by atoms with E-state index in [9.17, 15) is 4.79 Å². The number of rotatable bonds is 0. The fourth-order valence-corrected chi connectivity index (χ4v) is 1.64. The van der Waals surface area contributed by atoms with Crippen molar-refractivity contribution in [3.05, 3.63) is 46.2 Å². The lowest BCUT2D eigenvalue weighted by Gasteiger charge is -2.19. The Morgan fingerprint density at radius 1 is 1.13 bits per heavy atom. The Balaban J connectivity index is 2.73. The van der Waals surface area contributed by atoms with E-state index < -0.39 is 0 Å². The minimum Gasteiger partial charge on any atom is -0.361 e. The first-order valence-electron chi connectivity index (χ1n) is 5.10. The summed E-state index contributed by atoms with van der Waals surface area (Å²) in [7, 11) is 0. The van der Waals surface area contributed by atoms with Crippen LogP contribution in [0, 0.1) is 0 Å². The van der Waals surface area contributed by atoms with Crippen molar-refractivity contribution in [3.8, 4) is 0 Å². The molecule has 0 atom stereocenters. The average Bonchev–Trinajstić information content (AvgIpc) is 2.16. The van der Waals surface area contributed by atoms with Gasteiger partial charge in [-0.3, -0.25) is 4.79 Å². The number of H-pyrrole nitrogens is 1. The van der Waals surface area contributed by atoms with Gasteiger partial charge in [0.05, 0.1) is 0 Å². The molecule has 2 heteroatoms. The number of benzene rings is 1. The number of aromatic amines is 1. The van der Waals surface area contributed by atoms with Crippen LogP contribution in [0.3, 0.4) is 0 Å². The summed E-state index contributed by atoms with van der Waals surface area (Å²) in [4.78, 5) is 14.6. The first-order valence-corrected chi connectivity index (χ1v) is 5.10. The quantitative estimate of drug-likeness (QED) is 0.698. The summed E-state index contributed by atoms with van der Waals surface area (Å²) in [6.45, 7) is 6.49. The molecule has 0 aliphatic carbocycles. The van der Waals surface area contributed by atoms with Gasteiger partial charge in [-0.25, -0.2) is 0 Å². The van der Waals surface area contributed by atoms with Crippen LogP contribution in [0.4, 0.5) is 0 Å². The highest BCUT2D eigenvalue weighted by atomic mass is 16.1. The van der Waals surface area contributed by atoms with E-state index in [1.54, 1.807) is 12.3 Å². The Bertz CT molecular complexity index is 546. The summed E-state index contributed by atoms with van der Waals surface area (Å²) in [6.07, 6.45) is 1.69. The number of pyridine rings is 1. The van der Waals surface area contributed by atoms with Gasteiger partial charge in [-0.2, -0.15) is 0 Å². The Morgan fingerprint density at radius 3 is 2.53 bits per heavy atom. The Labute approximate surface area is 89.0 Å². The first-order chi connectivity index (χ1) is 6.98. The van der Waals surface area contributed by atoms with Gasteiger partial charge >= 0.3 is 0 Å². The molecular weight excluding hydrogens is 186 g/mol. The Morgan fingerprint density at radius 2 is 1.87 bits per heavy atom. The molecule has 0 saturated carbocycles. The molecule has 2 rings (SSSR count). The predicted octanol–water partition coefficient (Wildman–Crippen LogP) is 2.83. The van der Waals surface area contributed by atoms with Crippen LogP contribution in [0.5, 0.6) is 0 Å². The minimum absolute atomic E-state index is 0.0733. The maximum absolute atomic E-state index is 11.5. The van der Waals surface area contributed by atoms with E-state index in [0.29, 0.717) is 0 Å². The number of aromatic nitrogens is 1. The molecular formula is C13H15NO. The molecule has 0 fully saturated rings. The maximum atomic E-state index is 11.5. The molecule has 15 heavy (non-hydrogen) atoms. The summed E-state index contributed by atoms with van der Waals surface area (Å²) < 4.78 is 0. The maximum Gasteiger partial charge on any atom is 0.189 e. The van der Waals surface area contributed by atoms with Gasteiger partial charge in [-0.05, 0) is 23.1 Å². The van der Waals surface area contributed by atoms with Crippen LogP contribution in [0.15, 0.2) is 35.3 Å². The van der Waals surface area contributed by atoms with Gasteiger partial charge in [0, 0.05) is 23.2 Å². The van der Waals surface area contributed by atoms with Crippen molar-refractivity contribution in [1.82, 2.24) is 4.98 Å². The van der Waals surface area contributed by atoms with Crippen LogP contribution >= 0.6 is 0 Å². The second-order valence-corrected chi connectivity index (χ2v) is 4.85. The highest BCUT2D eigenvalue weighted by Crippen LogP contribution is 2.23. The number of fused-ring (bicyclic) bond motifs is 1. The van der Waals surface area contributed by atoms with Gasteiger partial charge in [0.1, 0.15) is 0 Å². The van der Waals surface area contributed by atoms with E-state index in [1.807, 2.05) is 12.1 Å². The fourth-order valence-electron chi connectivity index (χ4n) is 1.64. The van der Waals surface area contributed by atoms with E-state index in [-0.39, 0.29) is 10.8 Å². The highest BCUT2D eigenvalue weighted by Gasteiger charge is 2.13. The van der Waals surface area contributed by atoms with Gasteiger partial charge in [0.2, 0.25) is 0 Å². The molecule has 1 N–H and O–H groups in total. The molecule has 78 valence electrons. The lowest BCUT2D eigenvalue weighted by molar-refractivity contribution is 0.591. The van der Waals surface area contributed by atoms with Crippen LogP contribution in [-0.4, -0.2) is 4.98 Å². The fraction of sp³-hybridized carbons (Fsp3) is 0.308. The van der Waals surface area contributed by atoms with Gasteiger partial charge in [-0.15, -0.1) is 0 Å². The van der Waals surface area contributed by atoms with Crippen molar-refractivity contribution >= 4 is 10.9 Å². The molecule has 1 aromatic heterocycles. The summed E-state index contributed by atoms with van der Waals surface area (Å²) in [5.41, 5.74) is 2.33. The smallest absolute Gasteiger partial charge is 0.189 e. The van der Waals surface area contributed by atoms with Crippen LogP contribution < -0.4 is 5.43 Å². The van der Waals surface area contributed by atoms with Crippen LogP contribution in [0.25, 0.3) is 10.9 Å². The summed E-state index contributed by atoms with van der Waals surface area (Å²) in [5.74, 6) is 0. The third-order valence-electron chi connectivity index (χ3n) is 2.62. The third kappa shape index (κ3) is 1.80. The van der Waals surface area contributed by atoms with E-state index in [1.165, 1.54) is 5.56 Å². The SMILES string of the molecule is CC(C)(C)c1ccc2c(=O)cc[nH]c2c1. The standard InChI is InChI=1S/C13H15NO/c1-13(2,3)9-4-5-10-11(8-9)14-7-6-12(10)15/h4-8H,1-3H3,(H,14,15). The molecule has 0 radical (unpaired) electrons. The lowest BCUT2D eigenvalue weighted by Crippen LogP contribution is -2.11. The second-order valence-electron chi connectivity index (χ2n) is 4.85. The van der Waals surface area contributed by atoms with Crippen molar-refractivity contribution in [2.24, 2.45) is 0 Å². The molecule has 2 nitrogen and oxygen atoms in total. The van der Waals surface area contributed by atoms with Crippen LogP contribution in [0.1, 0.15) is 26.3 Å². The van der Waals surface area contributed by atoms with E-state index in [2.05, 4.69) is 31.8 Å². The van der Waals surface area contributed by atoms with Crippen molar-refractivity contribution in [2.75, 3.05) is 0 Å². The molecule has 0 aliphatic heterocycles. The molecule has 0 spiro atoms. The third-order valence-corrected chi connectivity index (χ3v) is 2.62. The topological polar surface area (TPSA) is 32.9 Å². The van der Waals surface area contributed by atoms with Crippen LogP contribution in [0.2, 0.25) is 0 Å². The summed E-state index contributed by atoms with van der Waals surface area (Å²) >= 11 is 0. The van der Waals surface area contributed by atoms with Crippen molar-refractivity contribution < 1.29 is 0 Å². The lowest BCUT2D eigenvalue weighted by atomic mass is 9.86. The zero-order valence-corrected chi connectivity index (χ0v) is 9.29. The van der Waals surface area contributed by atoms with Crippen molar-refractivity contribution in [1.29, 1.82) is 0 Å². The number of hydrogen-bond acceptors (Lipinski definition) is 1. The first kappa shape index (κ1) is 9.97. The van der Waals surface area contributed by atoms with E-state index in [0.717, 1.165) is 10.9 Å². The highest BCUT2D eigenvalue weighted by molar-refractivity contribution is 5.79. The van der Waals surface area contributed by atoms with Crippen molar-refractivity contribution in [3.63, 3.8) is 0 Å². The van der Waals surface area contributed by atoms with Gasteiger partial charge in [0.15, 0.2) is 5.43 Å². The number of nitrogens with one attached hydrogen (secondary N) is 1. The predicted molar refractivity (Wildman–Crippen MR) is 63.3 cm³/mol. The molecule has 0 bridgehead atoms. The zero-order valence-electron chi connectivity index (χ0n) is 9.29. The second kappa shape index (κ2) is 3.23. The Kier molecular flexibility index (Phi) is 2.14. The normalized spacial score (nSPS) is 11.9. The monoisotopic (exact) mass is 201 g/mol. The van der Waals surface area contributed by atoms with E-state index >= 15 is 0 Å². The van der Waals surface area contributed by atoms with Crippen molar-refractivity contribution in [2.45, 2.75) is 26.2 Å². The molecule has 1 heterocycles. The molecule has 2 aromatic rings. The Hall–Kier alpha value is -1.57. The van der Waals surface area contributed by atoms with Crippen LogP contribution in [-0.2, 0) is 5.41 Å². The largest absolute Gasteiger partial charge is 0.361 e. The van der Waals surface area contributed by atoms with Gasteiger partial charge in [-0.1, -0.05) is 26.8 Å². The van der Waals surface area contributed by atoms with Gasteiger partial charge in [0.25, 0.3) is 0 Å².